The molecule has 0 saturated carbocycles. The molecule has 2 N–H and O–H groups in total. The van der Waals surface area contributed by atoms with Crippen LogP contribution in [0.25, 0.3) is 6.08 Å². The molecular weight excluding hydrogens is 490 g/mol. The first kappa shape index (κ1) is 31.6. The molecule has 2 atom stereocenters. The summed E-state index contributed by atoms with van der Waals surface area (Å²) in [7, 11) is 0. The second-order valence-electron chi connectivity index (χ2n) is 10.7. The maximum Gasteiger partial charge on any atom is 0.408 e. The van der Waals surface area contributed by atoms with Gasteiger partial charge in [0.25, 0.3) is 0 Å². The molecule has 2 aromatic rings. The number of nitrogens with one attached hydrogen (secondary N) is 2. The van der Waals surface area contributed by atoms with Crippen LogP contribution < -0.4 is 10.6 Å². The number of unbranched alkanes of at least 4 members (excludes halogenated alkanes) is 2. The van der Waals surface area contributed by atoms with E-state index in [1.165, 1.54) is 0 Å². The Morgan fingerprint density at radius 2 is 1.69 bits per heavy atom. The third-order valence-corrected chi connectivity index (χ3v) is 6.16. The summed E-state index contributed by atoms with van der Waals surface area (Å²) in [4.78, 5) is 42.4. The van der Waals surface area contributed by atoms with Crippen molar-refractivity contribution in [1.82, 2.24) is 15.5 Å². The van der Waals surface area contributed by atoms with Crippen LogP contribution in [0.2, 0.25) is 0 Å². The SMILES string of the molecule is C=Cc1cccc(C(C(=O)NCCCC)N(CCCC)C(=O)C(Cc2ccccc2)NC(=O)OC(C)(C)C)c1. The van der Waals surface area contributed by atoms with Crippen molar-refractivity contribution in [3.63, 3.8) is 0 Å². The van der Waals surface area contributed by atoms with Crippen molar-refractivity contribution >= 4 is 24.0 Å². The standard InChI is InChI=1S/C32H45N3O4/c1-7-10-20-33-29(36)28(26-19-15-18-24(9-3)22-26)35(21-11-8-2)30(37)27(23-25-16-13-12-14-17-25)34-31(38)39-32(4,5)6/h9,12-19,22,27-28H,3,7-8,10-11,20-21,23H2,1-2,4-6H3,(H,33,36)(H,34,38). The average Bonchev–Trinajstić information content (AvgIpc) is 2.90. The minimum atomic E-state index is -0.923. The van der Waals surface area contributed by atoms with Crippen molar-refractivity contribution in [3.8, 4) is 0 Å². The van der Waals surface area contributed by atoms with Crippen molar-refractivity contribution < 1.29 is 19.1 Å². The number of hydrogen-bond donors (Lipinski definition) is 2. The van der Waals surface area contributed by atoms with E-state index >= 15 is 0 Å². The van der Waals surface area contributed by atoms with E-state index in [4.69, 9.17) is 4.74 Å². The van der Waals surface area contributed by atoms with Gasteiger partial charge in [-0.25, -0.2) is 4.79 Å². The van der Waals surface area contributed by atoms with E-state index in [-0.39, 0.29) is 18.2 Å². The van der Waals surface area contributed by atoms with Crippen LogP contribution in [0.4, 0.5) is 4.79 Å². The van der Waals surface area contributed by atoms with E-state index in [1.54, 1.807) is 31.7 Å². The second-order valence-corrected chi connectivity index (χ2v) is 10.7. The molecule has 0 spiro atoms. The van der Waals surface area contributed by atoms with Gasteiger partial charge in [-0.1, -0.05) is 87.9 Å². The molecule has 0 aromatic heterocycles. The van der Waals surface area contributed by atoms with Gasteiger partial charge in [0.1, 0.15) is 17.7 Å². The van der Waals surface area contributed by atoms with Gasteiger partial charge in [0.05, 0.1) is 0 Å². The summed E-state index contributed by atoms with van der Waals surface area (Å²) in [5, 5.41) is 5.82. The van der Waals surface area contributed by atoms with Crippen molar-refractivity contribution in [3.05, 3.63) is 77.9 Å². The lowest BCUT2D eigenvalue weighted by molar-refractivity contribution is -0.142. The van der Waals surface area contributed by atoms with E-state index in [9.17, 15) is 14.4 Å². The molecule has 0 radical (unpaired) electrons. The number of hydrogen-bond acceptors (Lipinski definition) is 4. The molecule has 7 nitrogen and oxygen atoms in total. The number of alkyl carbamates (subject to hydrolysis) is 1. The lowest BCUT2D eigenvalue weighted by Crippen LogP contribution is -2.54. The predicted molar refractivity (Wildman–Crippen MR) is 157 cm³/mol. The normalized spacial score (nSPS) is 12.6. The van der Waals surface area contributed by atoms with Crippen LogP contribution in [0.5, 0.6) is 0 Å². The molecule has 2 rings (SSSR count). The van der Waals surface area contributed by atoms with Crippen LogP contribution in [0.15, 0.2) is 61.2 Å². The molecule has 2 unspecified atom stereocenters. The van der Waals surface area contributed by atoms with E-state index in [2.05, 4.69) is 24.1 Å². The van der Waals surface area contributed by atoms with Gasteiger partial charge in [0.15, 0.2) is 0 Å². The average molecular weight is 536 g/mol. The molecule has 0 aliphatic rings. The van der Waals surface area contributed by atoms with Crippen molar-refractivity contribution in [2.24, 2.45) is 0 Å². The van der Waals surface area contributed by atoms with Gasteiger partial charge in [-0.15, -0.1) is 0 Å². The van der Waals surface area contributed by atoms with Crippen LogP contribution in [-0.4, -0.2) is 47.5 Å². The Hall–Kier alpha value is -3.61. The monoisotopic (exact) mass is 535 g/mol. The maximum absolute atomic E-state index is 14.3. The molecule has 0 aliphatic carbocycles. The second kappa shape index (κ2) is 15.7. The molecule has 3 amide bonds. The smallest absolute Gasteiger partial charge is 0.408 e. The Morgan fingerprint density at radius 3 is 2.31 bits per heavy atom. The maximum atomic E-state index is 14.3. The molecular formula is C32H45N3O4. The topological polar surface area (TPSA) is 87.7 Å². The van der Waals surface area contributed by atoms with Gasteiger partial charge < -0.3 is 20.3 Å². The van der Waals surface area contributed by atoms with Crippen LogP contribution in [0.3, 0.4) is 0 Å². The van der Waals surface area contributed by atoms with E-state index < -0.39 is 23.8 Å². The highest BCUT2D eigenvalue weighted by Crippen LogP contribution is 2.25. The van der Waals surface area contributed by atoms with Gasteiger partial charge in [-0.05, 0) is 56.4 Å². The number of rotatable bonds is 14. The highest BCUT2D eigenvalue weighted by atomic mass is 16.6. The minimum Gasteiger partial charge on any atom is -0.444 e. The molecule has 0 bridgehead atoms. The van der Waals surface area contributed by atoms with Gasteiger partial charge in [-0.3, -0.25) is 9.59 Å². The molecule has 2 aromatic carbocycles. The first-order valence-electron chi connectivity index (χ1n) is 13.9. The van der Waals surface area contributed by atoms with Crippen molar-refractivity contribution in [2.75, 3.05) is 13.1 Å². The predicted octanol–water partition coefficient (Wildman–Crippen LogP) is 6.05. The summed E-state index contributed by atoms with van der Waals surface area (Å²) in [6.45, 7) is 14.2. The quantitative estimate of drug-likeness (QED) is 0.288. The molecule has 7 heteroatoms. The molecule has 39 heavy (non-hydrogen) atoms. The Labute approximate surface area is 234 Å². The number of benzene rings is 2. The number of amides is 3. The van der Waals surface area contributed by atoms with E-state index in [1.807, 2.05) is 61.5 Å². The lowest BCUT2D eigenvalue weighted by atomic mass is 9.98. The van der Waals surface area contributed by atoms with Crippen LogP contribution >= 0.6 is 0 Å². The highest BCUT2D eigenvalue weighted by Gasteiger charge is 2.36. The molecule has 0 saturated heterocycles. The fourth-order valence-corrected chi connectivity index (χ4v) is 4.21. The summed E-state index contributed by atoms with van der Waals surface area (Å²) in [5.41, 5.74) is 1.72. The molecule has 0 fully saturated rings. The van der Waals surface area contributed by atoms with Crippen LogP contribution in [0, 0.1) is 0 Å². The third kappa shape index (κ3) is 10.6. The zero-order valence-electron chi connectivity index (χ0n) is 24.2. The third-order valence-electron chi connectivity index (χ3n) is 6.16. The van der Waals surface area contributed by atoms with Crippen molar-refractivity contribution in [2.45, 2.75) is 84.4 Å². The molecule has 212 valence electrons. The highest BCUT2D eigenvalue weighted by molar-refractivity contribution is 5.92. The fraction of sp³-hybridized carbons (Fsp3) is 0.469. The van der Waals surface area contributed by atoms with E-state index in [0.717, 1.165) is 30.4 Å². The number of nitrogens with zero attached hydrogens (tertiary/aromatic N) is 1. The Balaban J connectivity index is 2.53. The fourth-order valence-electron chi connectivity index (χ4n) is 4.21. The van der Waals surface area contributed by atoms with Crippen LogP contribution in [-0.2, 0) is 20.7 Å². The minimum absolute atomic E-state index is 0.246. The zero-order chi connectivity index (χ0) is 28.8. The summed E-state index contributed by atoms with van der Waals surface area (Å²) in [5.74, 6) is -0.581. The first-order chi connectivity index (χ1) is 18.6. The Bertz CT molecular complexity index is 1080. The molecule has 0 aliphatic heterocycles. The summed E-state index contributed by atoms with van der Waals surface area (Å²) < 4.78 is 5.49. The van der Waals surface area contributed by atoms with Gasteiger partial charge >= 0.3 is 6.09 Å². The summed E-state index contributed by atoms with van der Waals surface area (Å²) in [6.07, 6.45) is 4.62. The number of ether oxygens (including phenoxy) is 1. The Morgan fingerprint density at radius 1 is 1.00 bits per heavy atom. The first-order valence-corrected chi connectivity index (χ1v) is 13.9. The van der Waals surface area contributed by atoms with Gasteiger partial charge in [0, 0.05) is 19.5 Å². The van der Waals surface area contributed by atoms with Crippen LogP contribution in [0.1, 0.15) is 83.0 Å². The van der Waals surface area contributed by atoms with Crippen molar-refractivity contribution in [1.29, 1.82) is 0 Å². The van der Waals surface area contributed by atoms with Gasteiger partial charge in [0.2, 0.25) is 11.8 Å². The summed E-state index contributed by atoms with van der Waals surface area (Å²) in [6, 6.07) is 15.2. The van der Waals surface area contributed by atoms with E-state index in [0.29, 0.717) is 25.1 Å². The largest absolute Gasteiger partial charge is 0.444 e. The summed E-state index contributed by atoms with van der Waals surface area (Å²) >= 11 is 0. The Kier molecular flexibility index (Phi) is 12.7. The number of carbonyl (C=O) groups excluding carboxylic acids is 3. The zero-order valence-corrected chi connectivity index (χ0v) is 24.2. The van der Waals surface area contributed by atoms with Gasteiger partial charge in [-0.2, -0.15) is 0 Å². The number of carbonyl (C=O) groups is 3. The molecule has 0 heterocycles. The lowest BCUT2D eigenvalue weighted by Gasteiger charge is -2.34.